The quantitative estimate of drug-likeness (QED) is 0.409. The molecular formula is C28H21FN2O4. The predicted octanol–water partition coefficient (Wildman–Crippen LogP) is 5.42. The third-order valence-electron chi connectivity index (χ3n) is 5.82. The van der Waals surface area contributed by atoms with E-state index < -0.39 is 5.97 Å². The number of benzene rings is 3. The van der Waals surface area contributed by atoms with Gasteiger partial charge >= 0.3 is 5.97 Å². The topological polar surface area (TPSA) is 79.7 Å². The number of carbonyl (C=O) groups is 2. The molecule has 35 heavy (non-hydrogen) atoms. The van der Waals surface area contributed by atoms with Crippen molar-refractivity contribution in [3.05, 3.63) is 90.7 Å². The molecule has 0 saturated carbocycles. The van der Waals surface area contributed by atoms with Crippen LogP contribution in [0.5, 0.6) is 5.75 Å². The van der Waals surface area contributed by atoms with Crippen LogP contribution in [0.2, 0.25) is 0 Å². The third kappa shape index (κ3) is 4.75. The fourth-order valence-electron chi connectivity index (χ4n) is 4.06. The van der Waals surface area contributed by atoms with Crippen molar-refractivity contribution in [3.63, 3.8) is 0 Å². The van der Waals surface area contributed by atoms with E-state index in [1.807, 2.05) is 48.5 Å². The van der Waals surface area contributed by atoms with Crippen molar-refractivity contribution in [1.29, 1.82) is 0 Å². The van der Waals surface area contributed by atoms with Gasteiger partial charge in [-0.15, -0.1) is 0 Å². The van der Waals surface area contributed by atoms with Crippen LogP contribution in [0.1, 0.15) is 6.42 Å². The number of carbonyl (C=O) groups excluding carboxylic acids is 1. The zero-order chi connectivity index (χ0) is 24.4. The second kappa shape index (κ2) is 9.38. The number of hydrogen-bond donors (Lipinski definition) is 1. The first-order valence-corrected chi connectivity index (χ1v) is 11.1. The molecule has 6 nitrogen and oxygen atoms in total. The Morgan fingerprint density at radius 1 is 0.886 bits per heavy atom. The molecule has 1 amide bonds. The monoisotopic (exact) mass is 468 g/mol. The van der Waals surface area contributed by atoms with E-state index in [9.17, 15) is 14.0 Å². The van der Waals surface area contributed by atoms with Crippen molar-refractivity contribution in [1.82, 2.24) is 4.98 Å². The van der Waals surface area contributed by atoms with Crippen LogP contribution < -0.4 is 9.64 Å². The van der Waals surface area contributed by atoms with E-state index in [-0.39, 0.29) is 31.3 Å². The van der Waals surface area contributed by atoms with E-state index in [1.54, 1.807) is 24.3 Å². The Morgan fingerprint density at radius 3 is 2.29 bits per heavy atom. The highest BCUT2D eigenvalue weighted by Gasteiger charge is 2.26. The van der Waals surface area contributed by atoms with Gasteiger partial charge in [-0.1, -0.05) is 30.3 Å². The minimum atomic E-state index is -0.983. The van der Waals surface area contributed by atoms with E-state index in [0.29, 0.717) is 22.8 Å². The van der Waals surface area contributed by atoms with Gasteiger partial charge in [0, 0.05) is 17.7 Å². The first-order chi connectivity index (χ1) is 17.0. The SMILES string of the molecule is O=C(O)CCN1C(=O)COc2ccc(-c3cc(-c4ccccc4)cc(-c4ccc(F)cc4)n3)cc21. The lowest BCUT2D eigenvalue weighted by Crippen LogP contribution is -2.40. The average molecular weight is 468 g/mol. The fourth-order valence-corrected chi connectivity index (χ4v) is 4.06. The Bertz CT molecular complexity index is 1400. The molecule has 7 heteroatoms. The van der Waals surface area contributed by atoms with Crippen molar-refractivity contribution in [2.45, 2.75) is 6.42 Å². The van der Waals surface area contributed by atoms with Gasteiger partial charge < -0.3 is 14.7 Å². The number of hydrogen-bond acceptors (Lipinski definition) is 4. The number of carboxylic acids is 1. The molecule has 0 fully saturated rings. The summed E-state index contributed by atoms with van der Waals surface area (Å²) in [6.45, 7) is -0.0886. The van der Waals surface area contributed by atoms with Gasteiger partial charge in [0.25, 0.3) is 5.91 Å². The maximum Gasteiger partial charge on any atom is 0.305 e. The number of pyridine rings is 1. The first-order valence-electron chi connectivity index (χ1n) is 11.1. The highest BCUT2D eigenvalue weighted by atomic mass is 19.1. The third-order valence-corrected chi connectivity index (χ3v) is 5.82. The van der Waals surface area contributed by atoms with Gasteiger partial charge in [-0.2, -0.15) is 0 Å². The molecule has 0 unspecified atom stereocenters. The normalized spacial score (nSPS) is 12.7. The van der Waals surface area contributed by atoms with Crippen LogP contribution >= 0.6 is 0 Å². The molecule has 0 radical (unpaired) electrons. The Morgan fingerprint density at radius 2 is 1.57 bits per heavy atom. The molecule has 1 aliphatic rings. The largest absolute Gasteiger partial charge is 0.482 e. The van der Waals surface area contributed by atoms with Gasteiger partial charge in [0.1, 0.15) is 11.6 Å². The van der Waals surface area contributed by atoms with E-state index in [1.165, 1.54) is 17.0 Å². The zero-order valence-electron chi connectivity index (χ0n) is 18.6. The van der Waals surface area contributed by atoms with Crippen LogP contribution in [-0.4, -0.2) is 35.1 Å². The van der Waals surface area contributed by atoms with Gasteiger partial charge in [0.15, 0.2) is 6.61 Å². The van der Waals surface area contributed by atoms with Crippen molar-refractivity contribution < 1.29 is 23.8 Å². The summed E-state index contributed by atoms with van der Waals surface area (Å²) in [4.78, 5) is 29.9. The molecule has 0 bridgehead atoms. The van der Waals surface area contributed by atoms with Gasteiger partial charge in [-0.05, 0) is 65.7 Å². The average Bonchev–Trinajstić information content (AvgIpc) is 2.88. The predicted molar refractivity (Wildman–Crippen MR) is 131 cm³/mol. The second-order valence-corrected chi connectivity index (χ2v) is 8.16. The number of rotatable bonds is 6. The lowest BCUT2D eigenvalue weighted by Gasteiger charge is -2.29. The zero-order valence-corrected chi connectivity index (χ0v) is 18.6. The molecular weight excluding hydrogens is 447 g/mol. The van der Waals surface area contributed by atoms with Crippen molar-refractivity contribution in [3.8, 4) is 39.4 Å². The summed E-state index contributed by atoms with van der Waals surface area (Å²) in [6.07, 6.45) is -0.175. The van der Waals surface area contributed by atoms with Crippen LogP contribution in [0.3, 0.4) is 0 Å². The molecule has 0 spiro atoms. The van der Waals surface area contributed by atoms with Crippen LogP contribution in [0.4, 0.5) is 10.1 Å². The van der Waals surface area contributed by atoms with Gasteiger partial charge in [0.05, 0.1) is 23.5 Å². The van der Waals surface area contributed by atoms with Crippen LogP contribution in [-0.2, 0) is 9.59 Å². The summed E-state index contributed by atoms with van der Waals surface area (Å²) < 4.78 is 19.1. The number of carboxylic acid groups (broad SMARTS) is 1. The second-order valence-electron chi connectivity index (χ2n) is 8.16. The lowest BCUT2D eigenvalue weighted by molar-refractivity contribution is -0.136. The Balaban J connectivity index is 1.62. The van der Waals surface area contributed by atoms with Crippen molar-refractivity contribution >= 4 is 17.6 Å². The number of aromatic nitrogens is 1. The van der Waals surface area contributed by atoms with Crippen LogP contribution in [0.25, 0.3) is 33.6 Å². The standard InChI is InChI=1S/C28H21FN2O4/c29-22-9-6-19(7-10-22)23-14-21(18-4-2-1-3-5-18)15-24(30-23)20-8-11-26-25(16-20)31(13-12-28(33)34)27(32)17-35-26/h1-11,14-16H,12-13,17H2,(H,33,34). The molecule has 1 aliphatic heterocycles. The van der Waals surface area contributed by atoms with E-state index in [2.05, 4.69) is 0 Å². The highest BCUT2D eigenvalue weighted by molar-refractivity contribution is 5.99. The fraction of sp³-hybridized carbons (Fsp3) is 0.107. The summed E-state index contributed by atoms with van der Waals surface area (Å²) in [5.74, 6) is -1.09. The molecule has 1 aromatic heterocycles. The number of fused-ring (bicyclic) bond motifs is 1. The number of aliphatic carboxylic acids is 1. The van der Waals surface area contributed by atoms with Gasteiger partial charge in [-0.25, -0.2) is 9.37 Å². The van der Waals surface area contributed by atoms with Crippen molar-refractivity contribution in [2.24, 2.45) is 0 Å². The number of halogens is 1. The maximum atomic E-state index is 13.5. The first kappa shape index (κ1) is 22.3. The summed E-state index contributed by atoms with van der Waals surface area (Å²) in [5, 5.41) is 9.10. The van der Waals surface area contributed by atoms with Crippen LogP contribution in [0, 0.1) is 5.82 Å². The Hall–Kier alpha value is -4.52. The number of ether oxygens (including phenoxy) is 1. The molecule has 5 rings (SSSR count). The highest BCUT2D eigenvalue weighted by Crippen LogP contribution is 2.37. The smallest absolute Gasteiger partial charge is 0.305 e. The van der Waals surface area contributed by atoms with Gasteiger partial charge in [-0.3, -0.25) is 9.59 Å². The summed E-state index contributed by atoms with van der Waals surface area (Å²) >= 11 is 0. The minimum Gasteiger partial charge on any atom is -0.482 e. The number of amides is 1. The van der Waals surface area contributed by atoms with E-state index >= 15 is 0 Å². The number of anilines is 1. The molecule has 3 aromatic carbocycles. The summed E-state index contributed by atoms with van der Waals surface area (Å²) in [7, 11) is 0. The Labute approximate surface area is 201 Å². The Kier molecular flexibility index (Phi) is 5.97. The number of nitrogens with zero attached hydrogens (tertiary/aromatic N) is 2. The summed E-state index contributed by atoms with van der Waals surface area (Å²) in [6, 6.07) is 25.3. The molecule has 4 aromatic rings. The molecule has 2 heterocycles. The molecule has 174 valence electrons. The molecule has 0 atom stereocenters. The molecule has 0 aliphatic carbocycles. The van der Waals surface area contributed by atoms with Crippen molar-refractivity contribution in [2.75, 3.05) is 18.1 Å². The summed E-state index contributed by atoms with van der Waals surface area (Å²) in [5.41, 5.74) is 5.28. The van der Waals surface area contributed by atoms with E-state index in [4.69, 9.17) is 14.8 Å². The maximum absolute atomic E-state index is 13.5. The molecule has 0 saturated heterocycles. The lowest BCUT2D eigenvalue weighted by atomic mass is 9.99. The minimum absolute atomic E-state index is 0.0479. The molecule has 1 N–H and O–H groups in total. The van der Waals surface area contributed by atoms with E-state index in [0.717, 1.165) is 22.3 Å². The van der Waals surface area contributed by atoms with Gasteiger partial charge in [0.2, 0.25) is 0 Å². The van der Waals surface area contributed by atoms with Crippen LogP contribution in [0.15, 0.2) is 84.9 Å².